The normalized spacial score (nSPS) is 12.8. The van der Waals surface area contributed by atoms with Crippen molar-refractivity contribution in [2.75, 3.05) is 0 Å². The molecule has 0 bridgehead atoms. The van der Waals surface area contributed by atoms with Crippen LogP contribution in [-0.2, 0) is 4.79 Å². The lowest BCUT2D eigenvalue weighted by Crippen LogP contribution is -2.22. The van der Waals surface area contributed by atoms with E-state index in [2.05, 4.69) is 13.8 Å². The van der Waals surface area contributed by atoms with Crippen LogP contribution in [0.5, 0.6) is 0 Å². The van der Waals surface area contributed by atoms with Crippen molar-refractivity contribution in [3.8, 4) is 0 Å². The van der Waals surface area contributed by atoms with E-state index in [1.54, 1.807) is 0 Å². The van der Waals surface area contributed by atoms with Crippen LogP contribution in [0.3, 0.4) is 0 Å². The Labute approximate surface area is 96.3 Å². The molecule has 1 rings (SSSR count). The second-order valence-corrected chi connectivity index (χ2v) is 3.96. The number of aliphatic carboxylic acids is 1. The third kappa shape index (κ3) is 2.61. The van der Waals surface area contributed by atoms with Crippen LogP contribution in [0.25, 0.3) is 0 Å². The number of carbonyl (C=O) groups is 1. The van der Waals surface area contributed by atoms with Gasteiger partial charge in [0.2, 0.25) is 0 Å². The third-order valence-corrected chi connectivity index (χ3v) is 3.02. The minimum Gasteiger partial charge on any atom is -0.480 e. The summed E-state index contributed by atoms with van der Waals surface area (Å²) < 4.78 is 0. The monoisotopic (exact) mass is 221 g/mol. The van der Waals surface area contributed by atoms with Crippen molar-refractivity contribution >= 4 is 5.97 Å². The molecule has 0 aliphatic carbocycles. The SMILES string of the molecule is CCC(CC)c1ccccc1C(N)C(=O)O. The molecule has 0 radical (unpaired) electrons. The minimum atomic E-state index is -0.974. The Morgan fingerprint density at radius 1 is 1.25 bits per heavy atom. The number of rotatable bonds is 5. The fraction of sp³-hybridized carbons (Fsp3) is 0.462. The van der Waals surface area contributed by atoms with Crippen LogP contribution in [0.15, 0.2) is 24.3 Å². The quantitative estimate of drug-likeness (QED) is 0.803. The molecule has 88 valence electrons. The first-order valence-electron chi connectivity index (χ1n) is 5.69. The Morgan fingerprint density at radius 3 is 2.19 bits per heavy atom. The van der Waals surface area contributed by atoms with Crippen LogP contribution >= 0.6 is 0 Å². The van der Waals surface area contributed by atoms with Gasteiger partial charge in [0.05, 0.1) is 0 Å². The van der Waals surface area contributed by atoms with E-state index in [1.807, 2.05) is 24.3 Å². The number of nitrogens with two attached hydrogens (primary N) is 1. The molecule has 0 heterocycles. The molecule has 1 atom stereocenters. The summed E-state index contributed by atoms with van der Waals surface area (Å²) in [6, 6.07) is 6.65. The van der Waals surface area contributed by atoms with Gasteiger partial charge in [-0.1, -0.05) is 38.1 Å². The molecule has 0 spiro atoms. The van der Waals surface area contributed by atoms with Crippen LogP contribution in [0, 0.1) is 0 Å². The predicted octanol–water partition coefficient (Wildman–Crippen LogP) is 2.67. The number of benzene rings is 1. The predicted molar refractivity (Wildman–Crippen MR) is 64.3 cm³/mol. The first kappa shape index (κ1) is 12.7. The molecule has 0 aromatic heterocycles. The summed E-state index contributed by atoms with van der Waals surface area (Å²) in [5.41, 5.74) is 7.50. The van der Waals surface area contributed by atoms with Gasteiger partial charge in [-0.3, -0.25) is 4.79 Å². The first-order valence-corrected chi connectivity index (χ1v) is 5.69. The summed E-state index contributed by atoms with van der Waals surface area (Å²) in [6.45, 7) is 4.22. The van der Waals surface area contributed by atoms with Crippen LogP contribution < -0.4 is 5.73 Å². The summed E-state index contributed by atoms with van der Waals surface area (Å²) in [4.78, 5) is 10.9. The molecule has 0 saturated carbocycles. The summed E-state index contributed by atoms with van der Waals surface area (Å²) in [5, 5.41) is 8.96. The van der Waals surface area contributed by atoms with E-state index in [0.29, 0.717) is 5.92 Å². The van der Waals surface area contributed by atoms with Gasteiger partial charge in [0.1, 0.15) is 6.04 Å². The molecule has 3 heteroatoms. The molecule has 1 unspecified atom stereocenters. The maximum absolute atomic E-state index is 10.9. The lowest BCUT2D eigenvalue weighted by Gasteiger charge is -2.19. The Morgan fingerprint density at radius 2 is 1.75 bits per heavy atom. The topological polar surface area (TPSA) is 63.3 Å². The van der Waals surface area contributed by atoms with Gasteiger partial charge >= 0.3 is 5.97 Å². The zero-order chi connectivity index (χ0) is 12.1. The second kappa shape index (κ2) is 5.66. The fourth-order valence-corrected chi connectivity index (χ4v) is 2.03. The highest BCUT2D eigenvalue weighted by atomic mass is 16.4. The van der Waals surface area contributed by atoms with Gasteiger partial charge in [-0.15, -0.1) is 0 Å². The molecule has 0 aliphatic heterocycles. The largest absolute Gasteiger partial charge is 0.480 e. The van der Waals surface area contributed by atoms with Gasteiger partial charge in [0.25, 0.3) is 0 Å². The van der Waals surface area contributed by atoms with Crippen LogP contribution in [-0.4, -0.2) is 11.1 Å². The Balaban J connectivity index is 3.13. The van der Waals surface area contributed by atoms with Crippen molar-refractivity contribution < 1.29 is 9.90 Å². The maximum atomic E-state index is 10.9. The van der Waals surface area contributed by atoms with Gasteiger partial charge < -0.3 is 10.8 Å². The standard InChI is InChI=1S/C13H19NO2/c1-3-9(4-2)10-7-5-6-8-11(10)12(14)13(15)16/h5-9,12H,3-4,14H2,1-2H3,(H,15,16). The van der Waals surface area contributed by atoms with Crippen LogP contribution in [0.4, 0.5) is 0 Å². The molecule has 0 aliphatic rings. The van der Waals surface area contributed by atoms with E-state index in [4.69, 9.17) is 10.8 Å². The molecule has 0 fully saturated rings. The molecular weight excluding hydrogens is 202 g/mol. The lowest BCUT2D eigenvalue weighted by atomic mass is 9.87. The third-order valence-electron chi connectivity index (χ3n) is 3.02. The summed E-state index contributed by atoms with van der Waals surface area (Å²) >= 11 is 0. The average molecular weight is 221 g/mol. The molecule has 1 aromatic rings. The molecule has 3 nitrogen and oxygen atoms in total. The van der Waals surface area contributed by atoms with Crippen molar-refractivity contribution in [2.45, 2.75) is 38.6 Å². The molecular formula is C13H19NO2. The van der Waals surface area contributed by atoms with Crippen molar-refractivity contribution in [1.82, 2.24) is 0 Å². The van der Waals surface area contributed by atoms with E-state index in [-0.39, 0.29) is 0 Å². The van der Waals surface area contributed by atoms with Crippen molar-refractivity contribution in [2.24, 2.45) is 5.73 Å². The van der Waals surface area contributed by atoms with Crippen LogP contribution in [0.2, 0.25) is 0 Å². The highest BCUT2D eigenvalue weighted by Crippen LogP contribution is 2.29. The van der Waals surface area contributed by atoms with E-state index < -0.39 is 12.0 Å². The highest BCUT2D eigenvalue weighted by Gasteiger charge is 2.20. The van der Waals surface area contributed by atoms with Gasteiger partial charge in [-0.2, -0.15) is 0 Å². The van der Waals surface area contributed by atoms with E-state index in [9.17, 15) is 4.79 Å². The Bertz CT molecular complexity index is 359. The number of carboxylic acid groups (broad SMARTS) is 1. The molecule has 1 aromatic carbocycles. The highest BCUT2D eigenvalue weighted by molar-refractivity contribution is 5.75. The summed E-state index contributed by atoms with van der Waals surface area (Å²) in [6.07, 6.45) is 2.00. The molecule has 0 saturated heterocycles. The summed E-state index contributed by atoms with van der Waals surface area (Å²) in [5.74, 6) is -0.583. The molecule has 16 heavy (non-hydrogen) atoms. The fourth-order valence-electron chi connectivity index (χ4n) is 2.03. The lowest BCUT2D eigenvalue weighted by molar-refractivity contribution is -0.138. The van der Waals surface area contributed by atoms with E-state index in [1.165, 1.54) is 0 Å². The van der Waals surface area contributed by atoms with Gasteiger partial charge in [-0.05, 0) is 29.9 Å². The number of hydrogen-bond donors (Lipinski definition) is 2. The maximum Gasteiger partial charge on any atom is 0.325 e. The average Bonchev–Trinajstić information content (AvgIpc) is 2.30. The molecule has 3 N–H and O–H groups in total. The van der Waals surface area contributed by atoms with E-state index >= 15 is 0 Å². The number of hydrogen-bond acceptors (Lipinski definition) is 2. The van der Waals surface area contributed by atoms with Crippen LogP contribution in [0.1, 0.15) is 49.8 Å². The molecule has 0 amide bonds. The Kier molecular flexibility index (Phi) is 4.50. The van der Waals surface area contributed by atoms with Crippen molar-refractivity contribution in [3.63, 3.8) is 0 Å². The Hall–Kier alpha value is -1.35. The zero-order valence-electron chi connectivity index (χ0n) is 9.81. The second-order valence-electron chi connectivity index (χ2n) is 3.96. The van der Waals surface area contributed by atoms with Gasteiger partial charge in [0.15, 0.2) is 0 Å². The minimum absolute atomic E-state index is 0.390. The smallest absolute Gasteiger partial charge is 0.325 e. The zero-order valence-corrected chi connectivity index (χ0v) is 9.81. The number of carboxylic acids is 1. The van der Waals surface area contributed by atoms with Crippen molar-refractivity contribution in [1.29, 1.82) is 0 Å². The van der Waals surface area contributed by atoms with Gasteiger partial charge in [0, 0.05) is 0 Å². The first-order chi connectivity index (χ1) is 7.61. The van der Waals surface area contributed by atoms with Gasteiger partial charge in [-0.25, -0.2) is 0 Å². The van der Waals surface area contributed by atoms with E-state index in [0.717, 1.165) is 24.0 Å². The van der Waals surface area contributed by atoms with Crippen molar-refractivity contribution in [3.05, 3.63) is 35.4 Å². The summed E-state index contributed by atoms with van der Waals surface area (Å²) in [7, 11) is 0.